The Balaban J connectivity index is 2.03. The molecule has 1 atom stereocenters. The number of nitrogens with one attached hydrogen (secondary N) is 1. The van der Waals surface area contributed by atoms with Gasteiger partial charge in [-0.15, -0.1) is 0 Å². The SMILES string of the molecule is COCCNC(=O)[C@]1(C)CC(c2ccccc2Cl)=NO1. The summed E-state index contributed by atoms with van der Waals surface area (Å²) in [5.41, 5.74) is 0.477. The lowest BCUT2D eigenvalue weighted by Crippen LogP contribution is -2.45. The summed E-state index contributed by atoms with van der Waals surface area (Å²) in [6.45, 7) is 2.61. The van der Waals surface area contributed by atoms with Crippen molar-refractivity contribution < 1.29 is 14.4 Å². The fourth-order valence-electron chi connectivity index (χ4n) is 1.95. The molecule has 0 aromatic heterocycles. The average molecular weight is 297 g/mol. The average Bonchev–Trinajstić information content (AvgIpc) is 2.83. The number of benzene rings is 1. The van der Waals surface area contributed by atoms with Crippen LogP contribution in [0.1, 0.15) is 18.9 Å². The van der Waals surface area contributed by atoms with Crippen LogP contribution in [0.15, 0.2) is 29.4 Å². The predicted molar refractivity (Wildman–Crippen MR) is 77.0 cm³/mol. The number of halogens is 1. The van der Waals surface area contributed by atoms with Crippen LogP contribution in [0.4, 0.5) is 0 Å². The summed E-state index contributed by atoms with van der Waals surface area (Å²) in [7, 11) is 1.58. The number of methoxy groups -OCH3 is 1. The molecule has 6 heteroatoms. The maximum Gasteiger partial charge on any atom is 0.267 e. The molecule has 0 spiro atoms. The van der Waals surface area contributed by atoms with Crippen LogP contribution in [-0.2, 0) is 14.4 Å². The van der Waals surface area contributed by atoms with E-state index < -0.39 is 5.60 Å². The van der Waals surface area contributed by atoms with Crippen molar-refractivity contribution in [3.8, 4) is 0 Å². The number of carbonyl (C=O) groups excluding carboxylic acids is 1. The number of carbonyl (C=O) groups is 1. The maximum absolute atomic E-state index is 12.1. The summed E-state index contributed by atoms with van der Waals surface area (Å²) in [5, 5.41) is 7.36. The largest absolute Gasteiger partial charge is 0.383 e. The van der Waals surface area contributed by atoms with Gasteiger partial charge in [0.2, 0.25) is 5.60 Å². The van der Waals surface area contributed by atoms with Gasteiger partial charge >= 0.3 is 0 Å². The van der Waals surface area contributed by atoms with Crippen molar-refractivity contribution in [1.82, 2.24) is 5.32 Å². The topological polar surface area (TPSA) is 59.9 Å². The number of rotatable bonds is 5. The molecule has 0 saturated heterocycles. The van der Waals surface area contributed by atoms with E-state index in [1.165, 1.54) is 0 Å². The van der Waals surface area contributed by atoms with Crippen LogP contribution in [0.3, 0.4) is 0 Å². The monoisotopic (exact) mass is 296 g/mol. The molecule has 108 valence electrons. The van der Waals surface area contributed by atoms with Gasteiger partial charge in [-0.3, -0.25) is 4.79 Å². The molecule has 1 aliphatic heterocycles. The van der Waals surface area contributed by atoms with E-state index in [0.29, 0.717) is 30.3 Å². The van der Waals surface area contributed by atoms with Gasteiger partial charge in [-0.1, -0.05) is 35.0 Å². The van der Waals surface area contributed by atoms with Gasteiger partial charge in [-0.05, 0) is 13.0 Å². The molecule has 1 aliphatic rings. The first-order valence-electron chi connectivity index (χ1n) is 6.34. The van der Waals surface area contributed by atoms with Gasteiger partial charge < -0.3 is 14.9 Å². The highest BCUT2D eigenvalue weighted by Gasteiger charge is 2.42. The minimum Gasteiger partial charge on any atom is -0.383 e. The first-order chi connectivity index (χ1) is 9.57. The Bertz CT molecular complexity index is 533. The smallest absolute Gasteiger partial charge is 0.267 e. The van der Waals surface area contributed by atoms with Gasteiger partial charge in [0.15, 0.2) is 0 Å². The van der Waals surface area contributed by atoms with E-state index in [2.05, 4.69) is 10.5 Å². The van der Waals surface area contributed by atoms with Crippen molar-refractivity contribution in [2.75, 3.05) is 20.3 Å². The van der Waals surface area contributed by atoms with Crippen molar-refractivity contribution in [3.05, 3.63) is 34.9 Å². The van der Waals surface area contributed by atoms with E-state index in [-0.39, 0.29) is 5.91 Å². The summed E-state index contributed by atoms with van der Waals surface area (Å²) in [4.78, 5) is 17.4. The van der Waals surface area contributed by atoms with Crippen LogP contribution in [0.25, 0.3) is 0 Å². The number of oxime groups is 1. The second kappa shape index (κ2) is 6.24. The fraction of sp³-hybridized carbons (Fsp3) is 0.429. The molecule has 1 heterocycles. The Hall–Kier alpha value is -1.59. The zero-order valence-corrected chi connectivity index (χ0v) is 12.2. The Morgan fingerprint density at radius 2 is 2.30 bits per heavy atom. The minimum absolute atomic E-state index is 0.208. The first-order valence-corrected chi connectivity index (χ1v) is 6.72. The predicted octanol–water partition coefficient (Wildman–Crippen LogP) is 1.99. The molecule has 1 aromatic rings. The molecule has 0 unspecified atom stereocenters. The normalized spacial score (nSPS) is 21.2. The molecule has 0 radical (unpaired) electrons. The molecular formula is C14H17ClN2O3. The van der Waals surface area contributed by atoms with Crippen LogP contribution >= 0.6 is 11.6 Å². The molecule has 0 bridgehead atoms. The van der Waals surface area contributed by atoms with Gasteiger partial charge in [-0.2, -0.15) is 0 Å². The van der Waals surface area contributed by atoms with E-state index in [1.54, 1.807) is 20.1 Å². The second-order valence-electron chi connectivity index (χ2n) is 4.77. The Labute approximate surface area is 122 Å². The van der Waals surface area contributed by atoms with Crippen LogP contribution in [-0.4, -0.2) is 37.5 Å². The second-order valence-corrected chi connectivity index (χ2v) is 5.17. The number of hydrogen-bond donors (Lipinski definition) is 1. The first kappa shape index (κ1) is 14.8. The van der Waals surface area contributed by atoms with Crippen LogP contribution in [0.5, 0.6) is 0 Å². The van der Waals surface area contributed by atoms with E-state index >= 15 is 0 Å². The lowest BCUT2D eigenvalue weighted by Gasteiger charge is -2.20. The molecule has 0 saturated carbocycles. The van der Waals surface area contributed by atoms with Gasteiger partial charge in [-0.25, -0.2) is 0 Å². The highest BCUT2D eigenvalue weighted by Crippen LogP contribution is 2.29. The Morgan fingerprint density at radius 1 is 1.55 bits per heavy atom. The summed E-state index contributed by atoms with van der Waals surface area (Å²) in [6, 6.07) is 7.36. The summed E-state index contributed by atoms with van der Waals surface area (Å²) >= 11 is 6.13. The van der Waals surface area contributed by atoms with Crippen LogP contribution in [0.2, 0.25) is 5.02 Å². The highest BCUT2D eigenvalue weighted by atomic mass is 35.5. The number of amides is 1. The molecule has 2 rings (SSSR count). The van der Waals surface area contributed by atoms with Gasteiger partial charge in [0.25, 0.3) is 5.91 Å². The Morgan fingerprint density at radius 3 is 3.00 bits per heavy atom. The standard InChI is InChI=1S/C14H17ClN2O3/c1-14(13(18)16-7-8-19-2)9-12(17-20-14)10-5-3-4-6-11(10)15/h3-6H,7-9H2,1-2H3,(H,16,18)/t14-/m0/s1. The van der Waals surface area contributed by atoms with Crippen molar-refractivity contribution in [2.45, 2.75) is 18.9 Å². The fourth-order valence-corrected chi connectivity index (χ4v) is 2.20. The highest BCUT2D eigenvalue weighted by molar-refractivity contribution is 6.34. The van der Waals surface area contributed by atoms with E-state index in [0.717, 1.165) is 5.56 Å². The van der Waals surface area contributed by atoms with Crippen LogP contribution in [0, 0.1) is 0 Å². The van der Waals surface area contributed by atoms with Crippen LogP contribution < -0.4 is 5.32 Å². The molecule has 0 aliphatic carbocycles. The van der Waals surface area contributed by atoms with E-state index in [1.807, 2.05) is 18.2 Å². The lowest BCUT2D eigenvalue weighted by atomic mass is 9.95. The maximum atomic E-state index is 12.1. The molecule has 1 aromatic carbocycles. The summed E-state index contributed by atoms with van der Waals surface area (Å²) < 4.78 is 4.89. The van der Waals surface area contributed by atoms with Gasteiger partial charge in [0, 0.05) is 30.7 Å². The molecule has 5 nitrogen and oxygen atoms in total. The Kier molecular flexibility index (Phi) is 4.62. The van der Waals surface area contributed by atoms with E-state index in [9.17, 15) is 4.79 Å². The quantitative estimate of drug-likeness (QED) is 0.845. The third kappa shape index (κ3) is 3.11. The molecule has 20 heavy (non-hydrogen) atoms. The number of ether oxygens (including phenoxy) is 1. The molecule has 0 fully saturated rings. The van der Waals surface area contributed by atoms with E-state index in [4.69, 9.17) is 21.2 Å². The zero-order valence-electron chi connectivity index (χ0n) is 11.5. The summed E-state index contributed by atoms with van der Waals surface area (Å²) in [5.74, 6) is -0.208. The zero-order chi connectivity index (χ0) is 14.6. The van der Waals surface area contributed by atoms with Crippen molar-refractivity contribution in [1.29, 1.82) is 0 Å². The third-order valence-corrected chi connectivity index (χ3v) is 3.45. The summed E-state index contributed by atoms with van der Waals surface area (Å²) in [6.07, 6.45) is 0.384. The lowest BCUT2D eigenvalue weighted by molar-refractivity contribution is -0.141. The van der Waals surface area contributed by atoms with Crippen molar-refractivity contribution in [2.24, 2.45) is 5.16 Å². The van der Waals surface area contributed by atoms with Crippen molar-refractivity contribution >= 4 is 23.2 Å². The molecule has 1 N–H and O–H groups in total. The minimum atomic E-state index is -0.998. The number of nitrogens with zero attached hydrogens (tertiary/aromatic N) is 1. The van der Waals surface area contributed by atoms with Gasteiger partial charge in [0.05, 0.1) is 12.3 Å². The molecule has 1 amide bonds. The number of hydrogen-bond acceptors (Lipinski definition) is 4. The van der Waals surface area contributed by atoms with Gasteiger partial charge in [0.1, 0.15) is 0 Å². The third-order valence-electron chi connectivity index (χ3n) is 3.12. The molecular weight excluding hydrogens is 280 g/mol. The van der Waals surface area contributed by atoms with Crippen molar-refractivity contribution in [3.63, 3.8) is 0 Å².